The Morgan fingerprint density at radius 1 is 1.21 bits per heavy atom. The molecule has 0 bridgehead atoms. The van der Waals surface area contributed by atoms with E-state index in [-0.39, 0.29) is 11.6 Å². The summed E-state index contributed by atoms with van der Waals surface area (Å²) in [6.45, 7) is 1.84. The summed E-state index contributed by atoms with van der Waals surface area (Å²) in [5, 5.41) is 15.2. The zero-order valence-corrected chi connectivity index (χ0v) is 15.9. The molecule has 0 spiro atoms. The average Bonchev–Trinajstić information content (AvgIpc) is 2.71. The second-order valence-electron chi connectivity index (χ2n) is 5.84. The van der Waals surface area contributed by atoms with Gasteiger partial charge >= 0.3 is 0 Å². The molecule has 0 aliphatic heterocycles. The molecular formula is C20H16ClN5O2. The first-order valence-corrected chi connectivity index (χ1v) is 8.63. The predicted molar refractivity (Wildman–Crippen MR) is 107 cm³/mol. The number of hydrogen-bond donors (Lipinski definition) is 2. The smallest absolute Gasteiger partial charge is 0.274 e. The lowest BCUT2D eigenvalue weighted by Gasteiger charge is -2.12. The molecule has 1 amide bonds. The number of anilines is 3. The minimum Gasteiger partial charge on any atom is -0.495 e. The molecule has 0 unspecified atom stereocenters. The number of aryl methyl sites for hydroxylation is 1. The third-order valence-electron chi connectivity index (χ3n) is 3.89. The van der Waals surface area contributed by atoms with Gasteiger partial charge in [0, 0.05) is 23.0 Å². The predicted octanol–water partition coefficient (Wildman–Crippen LogP) is 4.31. The van der Waals surface area contributed by atoms with Crippen LogP contribution in [0.2, 0.25) is 5.02 Å². The molecule has 0 aliphatic rings. The van der Waals surface area contributed by atoms with Crippen LogP contribution in [0, 0.1) is 18.3 Å². The van der Waals surface area contributed by atoms with Crippen LogP contribution in [0.5, 0.6) is 5.75 Å². The summed E-state index contributed by atoms with van der Waals surface area (Å²) in [5.74, 6) is 0.302. The largest absolute Gasteiger partial charge is 0.495 e. The van der Waals surface area contributed by atoms with Crippen LogP contribution in [0.25, 0.3) is 0 Å². The maximum absolute atomic E-state index is 12.6. The molecule has 7 nitrogen and oxygen atoms in total. The van der Waals surface area contributed by atoms with Crippen molar-refractivity contribution in [2.45, 2.75) is 6.92 Å². The van der Waals surface area contributed by atoms with E-state index in [0.717, 1.165) is 5.56 Å². The Morgan fingerprint density at radius 2 is 1.96 bits per heavy atom. The van der Waals surface area contributed by atoms with Crippen LogP contribution in [0.3, 0.4) is 0 Å². The van der Waals surface area contributed by atoms with Crippen LogP contribution in [-0.4, -0.2) is 23.0 Å². The first-order chi connectivity index (χ1) is 13.5. The SMILES string of the molecule is COc1cc(Cl)c(C)cc1NC(=O)c1ccnc(Nc2ccc(C#N)cc2)n1. The van der Waals surface area contributed by atoms with Crippen LogP contribution in [-0.2, 0) is 0 Å². The highest BCUT2D eigenvalue weighted by Crippen LogP contribution is 2.31. The van der Waals surface area contributed by atoms with Crippen LogP contribution in [0.15, 0.2) is 48.7 Å². The molecule has 0 saturated carbocycles. The fourth-order valence-electron chi connectivity index (χ4n) is 2.42. The fraction of sp³-hybridized carbons (Fsp3) is 0.100. The molecule has 0 saturated heterocycles. The maximum atomic E-state index is 12.6. The number of carbonyl (C=O) groups is 1. The third kappa shape index (κ3) is 4.37. The molecule has 0 fully saturated rings. The number of carbonyl (C=O) groups excluding carboxylic acids is 1. The lowest BCUT2D eigenvalue weighted by atomic mass is 10.2. The van der Waals surface area contributed by atoms with E-state index >= 15 is 0 Å². The van der Waals surface area contributed by atoms with Crippen LogP contribution < -0.4 is 15.4 Å². The summed E-state index contributed by atoms with van der Waals surface area (Å²) in [5.41, 5.74) is 2.73. The average molecular weight is 394 g/mol. The second kappa shape index (κ2) is 8.37. The van der Waals surface area contributed by atoms with Crippen molar-refractivity contribution in [2.75, 3.05) is 17.7 Å². The summed E-state index contributed by atoms with van der Waals surface area (Å²) in [4.78, 5) is 21.0. The Labute approximate surface area is 167 Å². The molecule has 3 aromatic rings. The van der Waals surface area contributed by atoms with Gasteiger partial charge in [0.05, 0.1) is 24.4 Å². The Bertz CT molecular complexity index is 1060. The lowest BCUT2D eigenvalue weighted by molar-refractivity contribution is 0.102. The van der Waals surface area contributed by atoms with Crippen molar-refractivity contribution in [3.8, 4) is 11.8 Å². The summed E-state index contributed by atoms with van der Waals surface area (Å²) < 4.78 is 5.27. The molecule has 0 atom stereocenters. The monoisotopic (exact) mass is 393 g/mol. The van der Waals surface area contributed by atoms with Crippen molar-refractivity contribution in [1.29, 1.82) is 5.26 Å². The molecule has 3 rings (SSSR count). The second-order valence-corrected chi connectivity index (χ2v) is 6.24. The van der Waals surface area contributed by atoms with E-state index in [1.54, 1.807) is 36.4 Å². The van der Waals surface area contributed by atoms with Crippen LogP contribution >= 0.6 is 11.6 Å². The lowest BCUT2D eigenvalue weighted by Crippen LogP contribution is -2.15. The molecule has 140 valence electrons. The van der Waals surface area contributed by atoms with Crippen LogP contribution in [0.4, 0.5) is 17.3 Å². The zero-order chi connectivity index (χ0) is 20.1. The van der Waals surface area contributed by atoms with Crippen molar-refractivity contribution in [3.63, 3.8) is 0 Å². The maximum Gasteiger partial charge on any atom is 0.274 e. The van der Waals surface area contributed by atoms with E-state index < -0.39 is 5.91 Å². The molecule has 2 aromatic carbocycles. The minimum absolute atomic E-state index is 0.181. The van der Waals surface area contributed by atoms with Gasteiger partial charge in [0.25, 0.3) is 5.91 Å². The van der Waals surface area contributed by atoms with E-state index in [2.05, 4.69) is 26.7 Å². The molecule has 2 N–H and O–H groups in total. The number of methoxy groups -OCH3 is 1. The number of rotatable bonds is 5. The molecule has 1 heterocycles. The molecule has 1 aromatic heterocycles. The topological polar surface area (TPSA) is 99.9 Å². The molecule has 0 aliphatic carbocycles. The molecule has 28 heavy (non-hydrogen) atoms. The fourth-order valence-corrected chi connectivity index (χ4v) is 2.57. The number of nitrogens with zero attached hydrogens (tertiary/aromatic N) is 3. The normalized spacial score (nSPS) is 10.1. The summed E-state index contributed by atoms with van der Waals surface area (Å²) in [6, 6.07) is 13.7. The summed E-state index contributed by atoms with van der Waals surface area (Å²) in [7, 11) is 1.50. The van der Waals surface area contributed by atoms with Crippen molar-refractivity contribution in [2.24, 2.45) is 0 Å². The van der Waals surface area contributed by atoms with Crippen molar-refractivity contribution >= 4 is 34.8 Å². The van der Waals surface area contributed by atoms with Gasteiger partial charge in [-0.2, -0.15) is 5.26 Å². The summed E-state index contributed by atoms with van der Waals surface area (Å²) >= 11 is 6.10. The Balaban J connectivity index is 1.79. The van der Waals surface area contributed by atoms with Gasteiger partial charge < -0.3 is 15.4 Å². The van der Waals surface area contributed by atoms with Crippen LogP contribution in [0.1, 0.15) is 21.6 Å². The number of hydrogen-bond acceptors (Lipinski definition) is 6. The van der Waals surface area contributed by atoms with Crippen molar-refractivity contribution in [1.82, 2.24) is 9.97 Å². The standard InChI is InChI=1S/C20H16ClN5O2/c1-12-9-17(18(28-2)10-15(12)21)25-19(27)16-7-8-23-20(26-16)24-14-5-3-13(11-22)4-6-14/h3-10H,1-2H3,(H,25,27)(H,23,24,26). The number of halogens is 1. The number of amides is 1. The number of nitriles is 1. The number of ether oxygens (including phenoxy) is 1. The highest BCUT2D eigenvalue weighted by Gasteiger charge is 2.14. The van der Waals surface area contributed by atoms with Gasteiger partial charge in [-0.05, 0) is 48.9 Å². The highest BCUT2D eigenvalue weighted by atomic mass is 35.5. The number of nitrogens with one attached hydrogen (secondary N) is 2. The van der Waals surface area contributed by atoms with E-state index in [1.165, 1.54) is 19.4 Å². The van der Waals surface area contributed by atoms with E-state index in [4.69, 9.17) is 21.6 Å². The zero-order valence-electron chi connectivity index (χ0n) is 15.2. The van der Waals surface area contributed by atoms with Crippen molar-refractivity contribution in [3.05, 3.63) is 70.5 Å². The van der Waals surface area contributed by atoms with Gasteiger partial charge in [-0.25, -0.2) is 9.97 Å². The Hall–Kier alpha value is -3.63. The van der Waals surface area contributed by atoms with Gasteiger partial charge in [0.2, 0.25) is 5.95 Å². The molecule has 8 heteroatoms. The van der Waals surface area contributed by atoms with Gasteiger partial charge in [0.15, 0.2) is 0 Å². The summed E-state index contributed by atoms with van der Waals surface area (Å²) in [6.07, 6.45) is 1.48. The molecule has 0 radical (unpaired) electrons. The van der Waals surface area contributed by atoms with E-state index in [0.29, 0.717) is 27.7 Å². The Morgan fingerprint density at radius 3 is 2.64 bits per heavy atom. The first kappa shape index (κ1) is 19.1. The Kier molecular flexibility index (Phi) is 5.72. The third-order valence-corrected chi connectivity index (χ3v) is 4.29. The highest BCUT2D eigenvalue weighted by molar-refractivity contribution is 6.31. The number of benzene rings is 2. The minimum atomic E-state index is -0.412. The molecular weight excluding hydrogens is 378 g/mol. The van der Waals surface area contributed by atoms with Gasteiger partial charge in [-0.15, -0.1) is 0 Å². The van der Waals surface area contributed by atoms with E-state index in [1.807, 2.05) is 6.92 Å². The van der Waals surface area contributed by atoms with Crippen molar-refractivity contribution < 1.29 is 9.53 Å². The first-order valence-electron chi connectivity index (χ1n) is 8.26. The van der Waals surface area contributed by atoms with Gasteiger partial charge in [0.1, 0.15) is 11.4 Å². The van der Waals surface area contributed by atoms with Gasteiger partial charge in [-0.3, -0.25) is 4.79 Å². The number of aromatic nitrogens is 2. The van der Waals surface area contributed by atoms with Gasteiger partial charge in [-0.1, -0.05) is 11.6 Å². The van der Waals surface area contributed by atoms with E-state index in [9.17, 15) is 4.79 Å². The quantitative estimate of drug-likeness (QED) is 0.669.